The standard InChI is InChI=1S/C9H10ClNO4/c1-14-9(15-2)6-3-5(8(12)13)4-7(10)11-6/h3-4,9H,1-2H3,(H,12,13). The molecule has 15 heavy (non-hydrogen) atoms. The fourth-order valence-corrected chi connectivity index (χ4v) is 1.31. The minimum absolute atomic E-state index is 0.0455. The van der Waals surface area contributed by atoms with Crippen LogP contribution in [0.1, 0.15) is 22.3 Å². The van der Waals surface area contributed by atoms with Crippen LogP contribution in [0.5, 0.6) is 0 Å². The van der Waals surface area contributed by atoms with Crippen molar-refractivity contribution in [1.82, 2.24) is 4.98 Å². The quantitative estimate of drug-likeness (QED) is 0.631. The Morgan fingerprint density at radius 2 is 2.07 bits per heavy atom. The number of nitrogens with zero attached hydrogens (tertiary/aromatic N) is 1. The van der Waals surface area contributed by atoms with Gasteiger partial charge in [0.2, 0.25) is 6.29 Å². The van der Waals surface area contributed by atoms with Crippen molar-refractivity contribution < 1.29 is 19.4 Å². The average molecular weight is 232 g/mol. The van der Waals surface area contributed by atoms with Gasteiger partial charge in [-0.05, 0) is 12.1 Å². The molecule has 0 unspecified atom stereocenters. The molecule has 5 nitrogen and oxygen atoms in total. The van der Waals surface area contributed by atoms with Crippen molar-refractivity contribution in [3.8, 4) is 0 Å². The third-order valence-corrected chi connectivity index (χ3v) is 1.92. The van der Waals surface area contributed by atoms with Gasteiger partial charge in [0.25, 0.3) is 0 Å². The molecule has 0 saturated heterocycles. The molecule has 0 atom stereocenters. The smallest absolute Gasteiger partial charge is 0.335 e. The van der Waals surface area contributed by atoms with E-state index >= 15 is 0 Å². The number of carboxylic acids is 1. The number of hydrogen-bond acceptors (Lipinski definition) is 4. The zero-order valence-corrected chi connectivity index (χ0v) is 8.99. The number of carboxylic acid groups (broad SMARTS) is 1. The van der Waals surface area contributed by atoms with Crippen molar-refractivity contribution >= 4 is 17.6 Å². The van der Waals surface area contributed by atoms with Gasteiger partial charge in [-0.1, -0.05) is 11.6 Å². The van der Waals surface area contributed by atoms with Gasteiger partial charge in [-0.15, -0.1) is 0 Å². The van der Waals surface area contributed by atoms with Crippen molar-refractivity contribution in [2.75, 3.05) is 14.2 Å². The first-order valence-electron chi connectivity index (χ1n) is 4.05. The average Bonchev–Trinajstić information content (AvgIpc) is 2.18. The van der Waals surface area contributed by atoms with Gasteiger partial charge >= 0.3 is 5.97 Å². The van der Waals surface area contributed by atoms with Crippen molar-refractivity contribution in [2.45, 2.75) is 6.29 Å². The van der Waals surface area contributed by atoms with Crippen molar-refractivity contribution in [1.29, 1.82) is 0 Å². The first kappa shape index (κ1) is 11.9. The van der Waals surface area contributed by atoms with Crippen LogP contribution in [0, 0.1) is 0 Å². The van der Waals surface area contributed by atoms with Gasteiger partial charge in [0.15, 0.2) is 0 Å². The number of halogens is 1. The number of pyridine rings is 1. The second kappa shape index (κ2) is 5.06. The molecule has 0 fully saturated rings. The van der Waals surface area contributed by atoms with E-state index in [1.807, 2.05) is 0 Å². The summed E-state index contributed by atoms with van der Waals surface area (Å²) in [7, 11) is 2.86. The Bertz CT molecular complexity index is 365. The summed E-state index contributed by atoms with van der Waals surface area (Å²) in [4.78, 5) is 14.6. The van der Waals surface area contributed by atoms with E-state index in [9.17, 15) is 4.79 Å². The molecule has 6 heteroatoms. The number of aromatic carboxylic acids is 1. The fraction of sp³-hybridized carbons (Fsp3) is 0.333. The zero-order chi connectivity index (χ0) is 11.4. The van der Waals surface area contributed by atoms with Gasteiger partial charge < -0.3 is 14.6 Å². The first-order valence-corrected chi connectivity index (χ1v) is 4.42. The van der Waals surface area contributed by atoms with Crippen molar-refractivity contribution in [3.63, 3.8) is 0 Å². The van der Waals surface area contributed by atoms with Crippen LogP contribution >= 0.6 is 11.6 Å². The van der Waals surface area contributed by atoms with Crippen LogP contribution in [-0.4, -0.2) is 30.3 Å². The second-order valence-corrected chi connectivity index (χ2v) is 3.10. The Kier molecular flexibility index (Phi) is 4.02. The highest BCUT2D eigenvalue weighted by atomic mass is 35.5. The normalized spacial score (nSPS) is 10.7. The number of ether oxygens (including phenoxy) is 2. The van der Waals surface area contributed by atoms with E-state index in [1.165, 1.54) is 26.4 Å². The van der Waals surface area contributed by atoms with Crippen LogP contribution in [-0.2, 0) is 9.47 Å². The Morgan fingerprint density at radius 1 is 1.47 bits per heavy atom. The minimum atomic E-state index is -1.08. The summed E-state index contributed by atoms with van der Waals surface area (Å²) in [6.45, 7) is 0. The molecule has 1 N–H and O–H groups in total. The maximum absolute atomic E-state index is 10.7. The van der Waals surface area contributed by atoms with Gasteiger partial charge in [0.1, 0.15) is 5.15 Å². The highest BCUT2D eigenvalue weighted by Gasteiger charge is 2.15. The first-order chi connectivity index (χ1) is 7.08. The second-order valence-electron chi connectivity index (χ2n) is 2.71. The lowest BCUT2D eigenvalue weighted by atomic mass is 10.2. The van der Waals surface area contributed by atoms with E-state index in [-0.39, 0.29) is 10.7 Å². The Hall–Kier alpha value is -1.17. The molecule has 1 heterocycles. The van der Waals surface area contributed by atoms with Crippen molar-refractivity contribution in [2.24, 2.45) is 0 Å². The molecule has 0 aliphatic rings. The highest BCUT2D eigenvalue weighted by molar-refractivity contribution is 6.29. The fourth-order valence-electron chi connectivity index (χ4n) is 1.10. The van der Waals surface area contributed by atoms with Gasteiger partial charge in [-0.2, -0.15) is 0 Å². The largest absolute Gasteiger partial charge is 0.478 e. The summed E-state index contributed by atoms with van der Waals surface area (Å²) in [5, 5.41) is 8.88. The van der Waals surface area contributed by atoms with Crippen molar-refractivity contribution in [3.05, 3.63) is 28.5 Å². The lowest BCUT2D eigenvalue weighted by Gasteiger charge is -2.13. The summed E-state index contributed by atoms with van der Waals surface area (Å²) >= 11 is 5.67. The number of methoxy groups -OCH3 is 2. The predicted octanol–water partition coefficient (Wildman–Crippen LogP) is 1.72. The lowest BCUT2D eigenvalue weighted by molar-refractivity contribution is -0.108. The van der Waals surface area contributed by atoms with E-state index in [1.54, 1.807) is 0 Å². The molecule has 1 aromatic rings. The number of hydrogen-bond donors (Lipinski definition) is 1. The predicted molar refractivity (Wildman–Crippen MR) is 53.0 cm³/mol. The number of carbonyl (C=O) groups is 1. The van der Waals surface area contributed by atoms with Crippen LogP contribution in [0.15, 0.2) is 12.1 Å². The van der Waals surface area contributed by atoms with Crippen LogP contribution in [0.25, 0.3) is 0 Å². The summed E-state index contributed by atoms with van der Waals surface area (Å²) in [5.41, 5.74) is 0.369. The molecule has 0 aliphatic carbocycles. The lowest BCUT2D eigenvalue weighted by Crippen LogP contribution is -2.08. The molecule has 0 radical (unpaired) electrons. The van der Waals surface area contributed by atoms with E-state index in [4.69, 9.17) is 26.2 Å². The third kappa shape index (κ3) is 2.89. The SMILES string of the molecule is COC(OC)c1cc(C(=O)O)cc(Cl)n1. The Balaban J connectivity index is 3.13. The van der Waals surface area contributed by atoms with Crippen LogP contribution in [0.2, 0.25) is 5.15 Å². The number of rotatable bonds is 4. The van der Waals surface area contributed by atoms with Crippen LogP contribution in [0.3, 0.4) is 0 Å². The van der Waals surface area contributed by atoms with Gasteiger partial charge in [0.05, 0.1) is 11.3 Å². The molecular weight excluding hydrogens is 222 g/mol. The third-order valence-electron chi connectivity index (χ3n) is 1.73. The molecule has 82 valence electrons. The molecule has 0 saturated carbocycles. The van der Waals surface area contributed by atoms with E-state index in [2.05, 4.69) is 4.98 Å². The zero-order valence-electron chi connectivity index (χ0n) is 8.23. The highest BCUT2D eigenvalue weighted by Crippen LogP contribution is 2.19. The minimum Gasteiger partial charge on any atom is -0.478 e. The van der Waals surface area contributed by atoms with E-state index < -0.39 is 12.3 Å². The van der Waals surface area contributed by atoms with E-state index in [0.717, 1.165) is 0 Å². The molecule has 1 rings (SSSR count). The van der Waals surface area contributed by atoms with Gasteiger partial charge in [-0.3, -0.25) is 0 Å². The molecule has 1 aromatic heterocycles. The van der Waals surface area contributed by atoms with Crippen LogP contribution in [0.4, 0.5) is 0 Å². The molecule has 0 bridgehead atoms. The maximum Gasteiger partial charge on any atom is 0.335 e. The summed E-state index contributed by atoms with van der Waals surface area (Å²) in [6, 6.07) is 2.61. The summed E-state index contributed by atoms with van der Waals surface area (Å²) in [6.07, 6.45) is -0.721. The number of aromatic nitrogens is 1. The van der Waals surface area contributed by atoms with Gasteiger partial charge in [0, 0.05) is 14.2 Å². The summed E-state index contributed by atoms with van der Waals surface area (Å²) < 4.78 is 9.88. The Labute approximate surface area is 91.6 Å². The Morgan fingerprint density at radius 3 is 2.53 bits per heavy atom. The molecular formula is C9H10ClNO4. The van der Waals surface area contributed by atoms with Crippen LogP contribution < -0.4 is 0 Å². The summed E-state index contributed by atoms with van der Waals surface area (Å²) in [5.74, 6) is -1.08. The molecule has 0 spiro atoms. The van der Waals surface area contributed by atoms with Gasteiger partial charge in [-0.25, -0.2) is 9.78 Å². The van der Waals surface area contributed by atoms with E-state index in [0.29, 0.717) is 5.69 Å². The molecule has 0 aliphatic heterocycles. The monoisotopic (exact) mass is 231 g/mol. The molecule has 0 aromatic carbocycles. The molecule has 0 amide bonds. The topological polar surface area (TPSA) is 68.7 Å². The maximum atomic E-state index is 10.7.